The average molecular weight is 561 g/mol. The fourth-order valence-corrected chi connectivity index (χ4v) is 5.24. The summed E-state index contributed by atoms with van der Waals surface area (Å²) in [5.74, 6) is 0.358. The highest BCUT2D eigenvalue weighted by atomic mass is 32.2. The third-order valence-corrected chi connectivity index (χ3v) is 7.92. The van der Waals surface area contributed by atoms with Crippen LogP contribution in [-0.2, 0) is 14.8 Å². The fourth-order valence-electron chi connectivity index (χ4n) is 3.40. The number of aromatic nitrogens is 3. The smallest absolute Gasteiger partial charge is 0.264 e. The molecule has 1 unspecified atom stereocenters. The Bertz CT molecular complexity index is 1640. The Morgan fingerprint density at radius 3 is 2.38 bits per heavy atom. The Labute approximate surface area is 230 Å². The summed E-state index contributed by atoms with van der Waals surface area (Å²) in [4.78, 5) is 25.5. The van der Waals surface area contributed by atoms with Gasteiger partial charge in [0.15, 0.2) is 0 Å². The van der Waals surface area contributed by atoms with Gasteiger partial charge in [0.1, 0.15) is 16.8 Å². The largest absolute Gasteiger partial charge is 0.497 e. The van der Waals surface area contributed by atoms with Crippen molar-refractivity contribution in [1.29, 1.82) is 5.26 Å². The molecule has 4 rings (SSSR count). The lowest BCUT2D eigenvalue weighted by Crippen LogP contribution is -2.22. The van der Waals surface area contributed by atoms with Crippen molar-refractivity contribution in [1.82, 2.24) is 15.0 Å². The maximum absolute atomic E-state index is 12.9. The van der Waals surface area contributed by atoms with E-state index in [1.54, 1.807) is 39.2 Å². The van der Waals surface area contributed by atoms with E-state index in [2.05, 4.69) is 31.1 Å². The lowest BCUT2D eigenvalue weighted by molar-refractivity contribution is -0.115. The van der Waals surface area contributed by atoms with Crippen molar-refractivity contribution in [3.05, 3.63) is 84.2 Å². The number of amides is 1. The molecule has 0 bridgehead atoms. The number of thioether (sulfide) groups is 1. The number of carbonyl (C=O) groups is 1. The molecule has 2 N–H and O–H groups in total. The van der Waals surface area contributed by atoms with Crippen LogP contribution in [0.5, 0.6) is 5.75 Å². The molecule has 0 spiro atoms. The van der Waals surface area contributed by atoms with E-state index in [0.717, 1.165) is 23.1 Å². The second-order valence-electron chi connectivity index (χ2n) is 8.29. The number of anilines is 2. The zero-order valence-corrected chi connectivity index (χ0v) is 22.9. The molecule has 198 valence electrons. The highest BCUT2D eigenvalue weighted by molar-refractivity contribution is 8.00. The van der Waals surface area contributed by atoms with E-state index in [9.17, 15) is 18.5 Å². The van der Waals surface area contributed by atoms with Gasteiger partial charge in [0, 0.05) is 23.1 Å². The monoisotopic (exact) mass is 560 g/mol. The molecule has 0 aliphatic carbocycles. The van der Waals surface area contributed by atoms with Gasteiger partial charge in [-0.2, -0.15) is 5.26 Å². The zero-order chi connectivity index (χ0) is 28.0. The van der Waals surface area contributed by atoms with Crippen LogP contribution in [0.1, 0.15) is 18.2 Å². The molecule has 4 aromatic rings. The number of nitrogens with zero attached hydrogens (tertiary/aromatic N) is 4. The number of benzene rings is 2. The van der Waals surface area contributed by atoms with Gasteiger partial charge in [-0.15, -0.1) is 0 Å². The summed E-state index contributed by atoms with van der Waals surface area (Å²) in [5, 5.41) is 12.2. The van der Waals surface area contributed by atoms with Crippen molar-refractivity contribution in [3.63, 3.8) is 0 Å². The van der Waals surface area contributed by atoms with Gasteiger partial charge in [-0.05, 0) is 80.6 Å². The van der Waals surface area contributed by atoms with Crippen LogP contribution in [0.4, 0.5) is 11.6 Å². The molecule has 2 aromatic carbocycles. The van der Waals surface area contributed by atoms with E-state index in [4.69, 9.17) is 4.74 Å². The Morgan fingerprint density at radius 2 is 1.74 bits per heavy atom. The van der Waals surface area contributed by atoms with E-state index in [1.165, 1.54) is 30.5 Å². The number of carbonyl (C=O) groups excluding carboxylic acids is 1. The Hall–Kier alpha value is -4.47. The van der Waals surface area contributed by atoms with Gasteiger partial charge < -0.3 is 10.1 Å². The van der Waals surface area contributed by atoms with Crippen LogP contribution in [0, 0.1) is 18.3 Å². The average Bonchev–Trinajstić information content (AvgIpc) is 2.93. The molecule has 0 saturated carbocycles. The van der Waals surface area contributed by atoms with Gasteiger partial charge in [0.2, 0.25) is 11.9 Å². The van der Waals surface area contributed by atoms with Crippen LogP contribution >= 0.6 is 11.8 Å². The van der Waals surface area contributed by atoms with E-state index in [-0.39, 0.29) is 16.8 Å². The van der Waals surface area contributed by atoms with Crippen molar-refractivity contribution >= 4 is 39.3 Å². The molecule has 1 amide bonds. The summed E-state index contributed by atoms with van der Waals surface area (Å²) in [6.45, 7) is 3.43. The molecule has 0 radical (unpaired) electrons. The van der Waals surface area contributed by atoms with Crippen LogP contribution in [-0.4, -0.2) is 41.6 Å². The number of pyridine rings is 1. The Morgan fingerprint density at radius 1 is 1.03 bits per heavy atom. The quantitative estimate of drug-likeness (QED) is 0.279. The zero-order valence-electron chi connectivity index (χ0n) is 21.2. The minimum Gasteiger partial charge on any atom is -0.497 e. The molecule has 1 atom stereocenters. The second kappa shape index (κ2) is 11.9. The highest BCUT2D eigenvalue weighted by Gasteiger charge is 2.20. The summed E-state index contributed by atoms with van der Waals surface area (Å²) in [7, 11) is -2.32. The summed E-state index contributed by atoms with van der Waals surface area (Å²) in [5.41, 5.74) is 2.90. The Kier molecular flexibility index (Phi) is 8.43. The molecule has 2 aromatic heterocycles. The van der Waals surface area contributed by atoms with Crippen LogP contribution in [0.3, 0.4) is 0 Å². The lowest BCUT2D eigenvalue weighted by Gasteiger charge is -2.14. The van der Waals surface area contributed by atoms with Crippen LogP contribution in [0.15, 0.2) is 82.8 Å². The topological polar surface area (TPSA) is 147 Å². The van der Waals surface area contributed by atoms with E-state index in [0.29, 0.717) is 27.7 Å². The predicted octanol–water partition coefficient (Wildman–Crippen LogP) is 4.65. The van der Waals surface area contributed by atoms with E-state index >= 15 is 0 Å². The van der Waals surface area contributed by atoms with Crippen LogP contribution < -0.4 is 14.8 Å². The van der Waals surface area contributed by atoms with E-state index in [1.807, 2.05) is 24.3 Å². The van der Waals surface area contributed by atoms with Crippen LogP contribution in [0.25, 0.3) is 11.3 Å². The molecule has 39 heavy (non-hydrogen) atoms. The van der Waals surface area contributed by atoms with E-state index < -0.39 is 15.3 Å². The highest BCUT2D eigenvalue weighted by Crippen LogP contribution is 2.29. The van der Waals surface area contributed by atoms with Crippen molar-refractivity contribution in [3.8, 4) is 23.1 Å². The first-order chi connectivity index (χ1) is 18.7. The molecule has 10 nitrogen and oxygen atoms in total. The third-order valence-electron chi connectivity index (χ3n) is 5.48. The number of sulfonamides is 1. The van der Waals surface area contributed by atoms with Gasteiger partial charge >= 0.3 is 0 Å². The first kappa shape index (κ1) is 27.6. The summed E-state index contributed by atoms with van der Waals surface area (Å²) >= 11 is 1.16. The molecule has 12 heteroatoms. The number of ether oxygens (including phenoxy) is 1. The lowest BCUT2D eigenvalue weighted by atomic mass is 10.1. The Balaban J connectivity index is 1.43. The molecule has 0 fully saturated rings. The number of nitriles is 1. The van der Waals surface area contributed by atoms with Crippen molar-refractivity contribution in [2.75, 3.05) is 17.1 Å². The molecular formula is C27H24N6O4S2. The number of hydrogen-bond acceptors (Lipinski definition) is 9. The maximum Gasteiger partial charge on any atom is 0.264 e. The number of hydrogen-bond donors (Lipinski definition) is 2. The SMILES string of the molecule is COc1ccc(-c2ccc(C#N)c(SC(C)C(=O)Nc3ccc(S(=O)(=O)Nc4nccc(C)n4)cc3)n2)cc1. The van der Waals surface area contributed by atoms with Gasteiger partial charge in [-0.3, -0.25) is 4.79 Å². The number of aryl methyl sites for hydroxylation is 1. The predicted molar refractivity (Wildman–Crippen MR) is 149 cm³/mol. The number of methoxy groups -OCH3 is 1. The number of rotatable bonds is 9. The molecular weight excluding hydrogens is 536 g/mol. The summed E-state index contributed by atoms with van der Waals surface area (Å²) in [6.07, 6.45) is 1.46. The second-order valence-corrected chi connectivity index (χ2v) is 11.3. The summed E-state index contributed by atoms with van der Waals surface area (Å²) < 4.78 is 32.8. The minimum atomic E-state index is -3.91. The van der Waals surface area contributed by atoms with Crippen LogP contribution in [0.2, 0.25) is 0 Å². The first-order valence-electron chi connectivity index (χ1n) is 11.6. The van der Waals surface area contributed by atoms with Crippen molar-refractivity contribution in [2.24, 2.45) is 0 Å². The standard InChI is InChI=1S/C27H24N6O4S2/c1-17-14-15-29-27(30-17)33-39(35,36)23-11-7-21(8-12-23)31-25(34)18(2)38-26-20(16-28)6-13-24(32-26)19-4-9-22(37-3)10-5-19/h4-15,18H,1-3H3,(H,31,34)(H,29,30,33). The molecule has 0 aliphatic rings. The van der Waals surface area contributed by atoms with Crippen molar-refractivity contribution in [2.45, 2.75) is 29.0 Å². The number of nitrogens with one attached hydrogen (secondary N) is 2. The molecule has 0 saturated heterocycles. The normalized spacial score (nSPS) is 11.7. The molecule has 0 aliphatic heterocycles. The fraction of sp³-hybridized carbons (Fsp3) is 0.148. The van der Waals surface area contributed by atoms with Gasteiger partial charge in [-0.1, -0.05) is 11.8 Å². The summed E-state index contributed by atoms with van der Waals surface area (Å²) in [6, 6.07) is 20.3. The maximum atomic E-state index is 12.9. The molecule has 2 heterocycles. The van der Waals surface area contributed by atoms with Crippen molar-refractivity contribution < 1.29 is 17.9 Å². The first-order valence-corrected chi connectivity index (χ1v) is 14.0. The third kappa shape index (κ3) is 6.90. The van der Waals surface area contributed by atoms with Gasteiger partial charge in [0.05, 0.1) is 28.5 Å². The van der Waals surface area contributed by atoms with Gasteiger partial charge in [0.25, 0.3) is 10.0 Å². The minimum absolute atomic E-state index is 0.00811. The van der Waals surface area contributed by atoms with Gasteiger partial charge in [-0.25, -0.2) is 28.1 Å².